The van der Waals surface area contributed by atoms with Crippen LogP contribution < -0.4 is 11.1 Å². The van der Waals surface area contributed by atoms with Crippen LogP contribution in [-0.4, -0.2) is 29.9 Å². The van der Waals surface area contributed by atoms with Crippen molar-refractivity contribution in [2.24, 2.45) is 11.7 Å². The number of carbonyl (C=O) groups is 1. The number of fused-ring (bicyclic) bond motifs is 1. The van der Waals surface area contributed by atoms with Crippen molar-refractivity contribution >= 4 is 52.3 Å². The number of alkyl halides is 2. The van der Waals surface area contributed by atoms with E-state index in [-0.39, 0.29) is 42.6 Å². The molecule has 0 bridgehead atoms. The summed E-state index contributed by atoms with van der Waals surface area (Å²) in [6.45, 7) is -1.51. The van der Waals surface area contributed by atoms with Crippen LogP contribution in [0.1, 0.15) is 23.8 Å². The summed E-state index contributed by atoms with van der Waals surface area (Å²) < 4.78 is 27.6. The highest BCUT2D eigenvalue weighted by Crippen LogP contribution is 2.38. The number of benzene rings is 1. The number of nitrogens with zero attached hydrogens (tertiary/aromatic N) is 1. The van der Waals surface area contributed by atoms with Crippen molar-refractivity contribution in [1.29, 1.82) is 0 Å². The van der Waals surface area contributed by atoms with Gasteiger partial charge in [-0.2, -0.15) is 0 Å². The molecule has 1 aliphatic rings. The number of aromatic nitrogens is 1. The van der Waals surface area contributed by atoms with Crippen molar-refractivity contribution in [3.8, 4) is 0 Å². The number of thiazole rings is 1. The minimum Gasteiger partial charge on any atom is -0.350 e. The third-order valence-corrected chi connectivity index (χ3v) is 5.38. The number of hydrogen-bond acceptors (Lipinski definition) is 4. The van der Waals surface area contributed by atoms with Gasteiger partial charge in [0.2, 0.25) is 5.91 Å². The predicted octanol–water partition coefficient (Wildman–Crippen LogP) is 3.90. The van der Waals surface area contributed by atoms with Gasteiger partial charge in [-0.1, -0.05) is 24.3 Å². The van der Waals surface area contributed by atoms with Gasteiger partial charge in [-0.25, -0.2) is 13.8 Å². The molecule has 1 amide bonds. The van der Waals surface area contributed by atoms with Crippen LogP contribution in [0.2, 0.25) is 0 Å². The number of para-hydroxylation sites is 1. The number of nitrogens with two attached hydrogens (primary N) is 1. The molecule has 0 fully saturated rings. The van der Waals surface area contributed by atoms with Gasteiger partial charge in [0.05, 0.1) is 34.2 Å². The average molecular weight is 424 g/mol. The number of allylic oxidation sites excluding steroid dienone is 2. The van der Waals surface area contributed by atoms with E-state index in [2.05, 4.69) is 10.3 Å². The summed E-state index contributed by atoms with van der Waals surface area (Å²) in [5.74, 6) is -3.91. The van der Waals surface area contributed by atoms with Crippen LogP contribution >= 0.6 is 36.2 Å². The Hall–Kier alpha value is -1.28. The third kappa shape index (κ3) is 5.13. The van der Waals surface area contributed by atoms with E-state index in [4.69, 9.17) is 5.73 Å². The van der Waals surface area contributed by atoms with Gasteiger partial charge >= 0.3 is 0 Å². The fourth-order valence-corrected chi connectivity index (χ4v) is 3.99. The Balaban J connectivity index is 0.00000169. The Morgan fingerprint density at radius 3 is 2.65 bits per heavy atom. The van der Waals surface area contributed by atoms with Crippen LogP contribution in [0.15, 0.2) is 36.4 Å². The van der Waals surface area contributed by atoms with Crippen LogP contribution in [0.5, 0.6) is 0 Å². The van der Waals surface area contributed by atoms with Crippen LogP contribution in [0.25, 0.3) is 10.2 Å². The first-order valence-corrected chi connectivity index (χ1v) is 8.68. The van der Waals surface area contributed by atoms with Crippen LogP contribution in [0, 0.1) is 5.92 Å². The second kappa shape index (κ2) is 9.60. The molecule has 0 spiro atoms. The van der Waals surface area contributed by atoms with Crippen molar-refractivity contribution in [2.45, 2.75) is 24.7 Å². The molecule has 0 aliphatic heterocycles. The quantitative estimate of drug-likeness (QED) is 0.716. The molecule has 0 saturated carbocycles. The molecular weight excluding hydrogens is 403 g/mol. The molecule has 1 heterocycles. The van der Waals surface area contributed by atoms with E-state index >= 15 is 0 Å². The lowest BCUT2D eigenvalue weighted by Gasteiger charge is -2.26. The first-order chi connectivity index (χ1) is 11.5. The highest BCUT2D eigenvalue weighted by atomic mass is 35.5. The fraction of sp³-hybridized carbons (Fsp3) is 0.412. The molecule has 0 saturated heterocycles. The fourth-order valence-electron chi connectivity index (χ4n) is 2.85. The van der Waals surface area contributed by atoms with Crippen molar-refractivity contribution in [1.82, 2.24) is 10.3 Å². The molecule has 1 aliphatic carbocycles. The minimum atomic E-state index is -3.08. The van der Waals surface area contributed by atoms with Gasteiger partial charge in [0, 0.05) is 5.92 Å². The largest absolute Gasteiger partial charge is 0.350 e. The minimum absolute atomic E-state index is 0. The molecule has 1 aromatic heterocycles. The Labute approximate surface area is 167 Å². The summed E-state index contributed by atoms with van der Waals surface area (Å²) in [4.78, 5) is 17.0. The zero-order chi connectivity index (χ0) is 17.2. The van der Waals surface area contributed by atoms with Gasteiger partial charge < -0.3 is 11.1 Å². The molecule has 144 valence electrons. The van der Waals surface area contributed by atoms with Crippen LogP contribution in [-0.2, 0) is 4.79 Å². The predicted molar refractivity (Wildman–Crippen MR) is 106 cm³/mol. The van der Waals surface area contributed by atoms with Crippen molar-refractivity contribution in [3.63, 3.8) is 0 Å². The normalized spacial score (nSPS) is 19.5. The van der Waals surface area contributed by atoms with E-state index in [0.717, 1.165) is 15.2 Å². The zero-order valence-corrected chi connectivity index (χ0v) is 16.3. The van der Waals surface area contributed by atoms with Crippen molar-refractivity contribution < 1.29 is 13.6 Å². The standard InChI is InChI=1S/C17H19F2N3OS.2ClH/c18-17(19,9-20)10-21-15(23)11-5-1-2-6-12(11)16-22-13-7-3-4-8-14(13)24-16;;/h1-4,7-8,11-12H,5-6,9-10,20H2,(H,21,23);2*1H. The Morgan fingerprint density at radius 2 is 1.96 bits per heavy atom. The molecule has 9 heteroatoms. The molecule has 2 atom stereocenters. The Kier molecular flexibility index (Phi) is 8.40. The van der Waals surface area contributed by atoms with E-state index in [1.54, 1.807) is 11.3 Å². The summed E-state index contributed by atoms with van der Waals surface area (Å²) in [6, 6.07) is 7.80. The molecule has 0 radical (unpaired) electrons. The first-order valence-electron chi connectivity index (χ1n) is 7.86. The molecule has 2 unspecified atom stereocenters. The van der Waals surface area contributed by atoms with E-state index in [0.29, 0.717) is 12.8 Å². The van der Waals surface area contributed by atoms with Crippen LogP contribution in [0.3, 0.4) is 0 Å². The average Bonchev–Trinajstić information content (AvgIpc) is 3.04. The first kappa shape index (κ1) is 22.8. The van der Waals surface area contributed by atoms with Crippen molar-refractivity contribution in [2.75, 3.05) is 13.1 Å². The maximum Gasteiger partial charge on any atom is 0.277 e. The number of carbonyl (C=O) groups excluding carboxylic acids is 1. The van der Waals surface area contributed by atoms with E-state index in [9.17, 15) is 13.6 Å². The lowest BCUT2D eigenvalue weighted by molar-refractivity contribution is -0.127. The highest BCUT2D eigenvalue weighted by molar-refractivity contribution is 7.18. The number of hydrogen-bond donors (Lipinski definition) is 2. The van der Waals surface area contributed by atoms with Crippen LogP contribution in [0.4, 0.5) is 8.78 Å². The molecule has 3 N–H and O–H groups in total. The van der Waals surface area contributed by atoms with E-state index in [1.165, 1.54) is 0 Å². The second-order valence-electron chi connectivity index (χ2n) is 5.95. The molecule has 26 heavy (non-hydrogen) atoms. The summed E-state index contributed by atoms with van der Waals surface area (Å²) in [5.41, 5.74) is 5.92. The number of halogens is 4. The monoisotopic (exact) mass is 423 g/mol. The molecular formula is C17H21Cl2F2N3OS. The third-order valence-electron chi connectivity index (χ3n) is 4.22. The molecule has 3 rings (SSSR count). The van der Waals surface area contributed by atoms with Gasteiger partial charge in [-0.15, -0.1) is 36.2 Å². The number of amides is 1. The Bertz CT molecular complexity index is 736. The van der Waals surface area contributed by atoms with Crippen molar-refractivity contribution in [3.05, 3.63) is 41.4 Å². The van der Waals surface area contributed by atoms with Gasteiger partial charge in [-0.3, -0.25) is 4.79 Å². The number of nitrogens with one attached hydrogen (secondary N) is 1. The summed E-state index contributed by atoms with van der Waals surface area (Å²) >= 11 is 1.56. The zero-order valence-electron chi connectivity index (χ0n) is 13.9. The van der Waals surface area contributed by atoms with E-state index < -0.39 is 19.0 Å². The molecule has 4 nitrogen and oxygen atoms in total. The molecule has 1 aromatic carbocycles. The summed E-state index contributed by atoms with van der Waals surface area (Å²) in [5, 5.41) is 3.23. The van der Waals surface area contributed by atoms with Gasteiger partial charge in [-0.05, 0) is 25.0 Å². The molecule has 2 aromatic rings. The summed E-state index contributed by atoms with van der Waals surface area (Å²) in [6.07, 6.45) is 5.16. The van der Waals surface area contributed by atoms with Gasteiger partial charge in [0.15, 0.2) is 0 Å². The SMILES string of the molecule is Cl.Cl.NCC(F)(F)CNC(=O)C1CC=CCC1c1nc2ccccc2s1. The highest BCUT2D eigenvalue weighted by Gasteiger charge is 2.34. The summed E-state index contributed by atoms with van der Waals surface area (Å²) in [7, 11) is 0. The lowest BCUT2D eigenvalue weighted by Crippen LogP contribution is -2.44. The van der Waals surface area contributed by atoms with Gasteiger partial charge in [0.1, 0.15) is 0 Å². The lowest BCUT2D eigenvalue weighted by atomic mass is 9.82. The smallest absolute Gasteiger partial charge is 0.277 e. The maximum atomic E-state index is 13.3. The second-order valence-corrected chi connectivity index (χ2v) is 7.02. The topological polar surface area (TPSA) is 68.0 Å². The Morgan fingerprint density at radius 1 is 1.27 bits per heavy atom. The van der Waals surface area contributed by atoms with E-state index in [1.807, 2.05) is 36.4 Å². The van der Waals surface area contributed by atoms with Gasteiger partial charge in [0.25, 0.3) is 5.92 Å². The maximum absolute atomic E-state index is 13.3. The number of rotatable bonds is 5.